The molecule has 1 aliphatic carbocycles. The SMILES string of the molecule is CON=Cc1c(C2=C(N(C)C)C=CC2)ccc2ccccc12. The van der Waals surface area contributed by atoms with Crippen molar-refractivity contribution in [1.29, 1.82) is 0 Å². The zero-order valence-electron chi connectivity index (χ0n) is 13.2. The number of rotatable bonds is 4. The van der Waals surface area contributed by atoms with Gasteiger partial charge in [-0.3, -0.25) is 0 Å². The highest BCUT2D eigenvalue weighted by Gasteiger charge is 2.17. The predicted molar refractivity (Wildman–Crippen MR) is 92.9 cm³/mol. The van der Waals surface area contributed by atoms with Gasteiger partial charge in [0.2, 0.25) is 0 Å². The van der Waals surface area contributed by atoms with Crippen LogP contribution in [0.4, 0.5) is 0 Å². The number of nitrogens with zero attached hydrogens (tertiary/aromatic N) is 2. The van der Waals surface area contributed by atoms with Crippen LogP contribution in [-0.4, -0.2) is 32.3 Å². The van der Waals surface area contributed by atoms with Gasteiger partial charge < -0.3 is 9.74 Å². The van der Waals surface area contributed by atoms with E-state index >= 15 is 0 Å². The van der Waals surface area contributed by atoms with E-state index < -0.39 is 0 Å². The van der Waals surface area contributed by atoms with Crippen molar-refractivity contribution >= 4 is 22.6 Å². The number of likely N-dealkylation sites (N-methyl/N-ethyl adjacent to an activating group) is 1. The smallest absolute Gasteiger partial charge is 0.106 e. The maximum atomic E-state index is 4.91. The molecule has 0 aromatic heterocycles. The molecule has 0 fully saturated rings. The molecule has 0 unspecified atom stereocenters. The first-order valence-corrected chi connectivity index (χ1v) is 7.38. The van der Waals surface area contributed by atoms with E-state index in [1.807, 2.05) is 6.21 Å². The van der Waals surface area contributed by atoms with E-state index in [-0.39, 0.29) is 0 Å². The van der Waals surface area contributed by atoms with E-state index in [4.69, 9.17) is 4.84 Å². The maximum Gasteiger partial charge on any atom is 0.106 e. The van der Waals surface area contributed by atoms with Crippen molar-refractivity contribution < 1.29 is 4.84 Å². The first-order chi connectivity index (χ1) is 10.7. The molecule has 0 heterocycles. The molecule has 0 radical (unpaired) electrons. The van der Waals surface area contributed by atoms with Crippen molar-refractivity contribution in [3.05, 3.63) is 65.4 Å². The monoisotopic (exact) mass is 292 g/mol. The van der Waals surface area contributed by atoms with Crippen LogP contribution in [0.25, 0.3) is 16.3 Å². The van der Waals surface area contributed by atoms with Crippen molar-refractivity contribution in [3.63, 3.8) is 0 Å². The summed E-state index contributed by atoms with van der Waals surface area (Å²) < 4.78 is 0. The third-order valence-electron chi connectivity index (χ3n) is 3.97. The highest BCUT2D eigenvalue weighted by molar-refractivity contribution is 6.04. The second-order valence-electron chi connectivity index (χ2n) is 5.53. The minimum Gasteiger partial charge on any atom is -0.399 e. The number of hydrogen-bond donors (Lipinski definition) is 0. The topological polar surface area (TPSA) is 24.8 Å². The third kappa shape index (κ3) is 2.50. The normalized spacial score (nSPS) is 14.3. The Morgan fingerprint density at radius 2 is 1.95 bits per heavy atom. The fraction of sp³-hybridized carbons (Fsp3) is 0.211. The maximum absolute atomic E-state index is 4.91. The van der Waals surface area contributed by atoms with Gasteiger partial charge in [0.15, 0.2) is 0 Å². The molecule has 1 aliphatic rings. The van der Waals surface area contributed by atoms with Crippen LogP contribution in [0.1, 0.15) is 17.5 Å². The summed E-state index contributed by atoms with van der Waals surface area (Å²) in [5.74, 6) is 0. The Bertz CT molecular complexity index is 785. The number of hydrogen-bond acceptors (Lipinski definition) is 3. The van der Waals surface area contributed by atoms with E-state index in [0.717, 1.165) is 12.0 Å². The van der Waals surface area contributed by atoms with Gasteiger partial charge >= 0.3 is 0 Å². The van der Waals surface area contributed by atoms with Gasteiger partial charge in [-0.15, -0.1) is 0 Å². The number of oxime groups is 1. The lowest BCUT2D eigenvalue weighted by atomic mass is 9.93. The summed E-state index contributed by atoms with van der Waals surface area (Å²) in [6, 6.07) is 12.7. The van der Waals surface area contributed by atoms with E-state index in [1.165, 1.54) is 27.6 Å². The Morgan fingerprint density at radius 1 is 1.14 bits per heavy atom. The fourth-order valence-corrected chi connectivity index (χ4v) is 2.96. The van der Waals surface area contributed by atoms with Crippen molar-refractivity contribution in [2.45, 2.75) is 6.42 Å². The summed E-state index contributed by atoms with van der Waals surface area (Å²) in [6.45, 7) is 0. The lowest BCUT2D eigenvalue weighted by molar-refractivity contribution is 0.215. The Kier molecular flexibility index (Phi) is 3.96. The second-order valence-corrected chi connectivity index (χ2v) is 5.53. The second kappa shape index (κ2) is 6.06. The summed E-state index contributed by atoms with van der Waals surface area (Å²) in [5, 5.41) is 6.42. The zero-order valence-corrected chi connectivity index (χ0v) is 13.2. The molecule has 0 spiro atoms. The summed E-state index contributed by atoms with van der Waals surface area (Å²) in [4.78, 5) is 7.07. The average Bonchev–Trinajstić information content (AvgIpc) is 3.02. The van der Waals surface area contributed by atoms with Gasteiger partial charge in [-0.25, -0.2) is 0 Å². The Morgan fingerprint density at radius 3 is 2.73 bits per heavy atom. The molecular formula is C19H20N2O. The van der Waals surface area contributed by atoms with Crippen LogP contribution in [0, 0.1) is 0 Å². The zero-order chi connectivity index (χ0) is 15.5. The molecule has 3 nitrogen and oxygen atoms in total. The summed E-state index contributed by atoms with van der Waals surface area (Å²) in [7, 11) is 5.73. The van der Waals surface area contributed by atoms with E-state index in [1.54, 1.807) is 7.11 Å². The molecule has 0 saturated carbocycles. The fourth-order valence-electron chi connectivity index (χ4n) is 2.96. The molecule has 3 heteroatoms. The molecular weight excluding hydrogens is 272 g/mol. The van der Waals surface area contributed by atoms with Gasteiger partial charge in [-0.2, -0.15) is 0 Å². The Hall–Kier alpha value is -2.55. The predicted octanol–water partition coefficient (Wildman–Crippen LogP) is 4.05. The van der Waals surface area contributed by atoms with Gasteiger partial charge in [0, 0.05) is 25.4 Å². The highest BCUT2D eigenvalue weighted by atomic mass is 16.6. The Labute approximate surface area is 131 Å². The first-order valence-electron chi connectivity index (χ1n) is 7.38. The average molecular weight is 292 g/mol. The van der Waals surface area contributed by atoms with Crippen molar-refractivity contribution in [2.75, 3.05) is 21.2 Å². The lowest BCUT2D eigenvalue weighted by Gasteiger charge is -2.18. The first kappa shape index (κ1) is 14.4. The van der Waals surface area contributed by atoms with E-state index in [0.29, 0.717) is 0 Å². The molecule has 3 rings (SSSR count). The quantitative estimate of drug-likeness (QED) is 0.627. The van der Waals surface area contributed by atoms with Gasteiger partial charge in [0.05, 0.1) is 6.21 Å². The summed E-state index contributed by atoms with van der Waals surface area (Å²) >= 11 is 0. The van der Waals surface area contributed by atoms with Crippen LogP contribution in [-0.2, 0) is 4.84 Å². The van der Waals surface area contributed by atoms with Crippen LogP contribution < -0.4 is 0 Å². The molecule has 22 heavy (non-hydrogen) atoms. The van der Waals surface area contributed by atoms with E-state index in [9.17, 15) is 0 Å². The van der Waals surface area contributed by atoms with Crippen LogP contribution in [0.5, 0.6) is 0 Å². The molecule has 0 bridgehead atoms. The van der Waals surface area contributed by atoms with Crippen molar-refractivity contribution in [2.24, 2.45) is 5.16 Å². The van der Waals surface area contributed by atoms with Crippen molar-refractivity contribution in [3.8, 4) is 0 Å². The molecule has 2 aromatic carbocycles. The summed E-state index contributed by atoms with van der Waals surface area (Å²) in [5.41, 5.74) is 4.90. The van der Waals surface area contributed by atoms with Gasteiger partial charge in [-0.05, 0) is 34.4 Å². The highest BCUT2D eigenvalue weighted by Crippen LogP contribution is 2.34. The lowest BCUT2D eigenvalue weighted by Crippen LogP contribution is -2.10. The third-order valence-corrected chi connectivity index (χ3v) is 3.97. The van der Waals surface area contributed by atoms with Gasteiger partial charge in [0.25, 0.3) is 0 Å². The van der Waals surface area contributed by atoms with Crippen LogP contribution in [0.2, 0.25) is 0 Å². The molecule has 112 valence electrons. The molecule has 0 atom stereocenters. The van der Waals surface area contributed by atoms with Gasteiger partial charge in [0.1, 0.15) is 7.11 Å². The number of benzene rings is 2. The largest absolute Gasteiger partial charge is 0.399 e. The standard InChI is InChI=1S/C19H20N2O/c1-21(2)19-10-6-9-17(19)16-12-11-14-7-4-5-8-15(14)18(16)13-20-22-3/h4-8,10-13H,9H2,1-3H3. The molecule has 2 aromatic rings. The van der Waals surface area contributed by atoms with Gasteiger partial charge in [-0.1, -0.05) is 47.6 Å². The van der Waals surface area contributed by atoms with E-state index in [2.05, 4.69) is 72.7 Å². The summed E-state index contributed by atoms with van der Waals surface area (Å²) in [6.07, 6.45) is 7.15. The number of allylic oxidation sites excluding steroid dienone is 3. The van der Waals surface area contributed by atoms with Crippen molar-refractivity contribution in [1.82, 2.24) is 4.90 Å². The minimum absolute atomic E-state index is 0.944. The number of fused-ring (bicyclic) bond motifs is 1. The molecule has 0 saturated heterocycles. The van der Waals surface area contributed by atoms with Crippen LogP contribution in [0.3, 0.4) is 0 Å². The minimum atomic E-state index is 0.944. The van der Waals surface area contributed by atoms with Crippen LogP contribution >= 0.6 is 0 Å². The molecule has 0 amide bonds. The van der Waals surface area contributed by atoms with Crippen LogP contribution in [0.15, 0.2) is 59.4 Å². The molecule has 0 N–H and O–H groups in total. The molecule has 0 aliphatic heterocycles. The Balaban J connectivity index is 2.26.